The summed E-state index contributed by atoms with van der Waals surface area (Å²) in [5, 5.41) is 0. The van der Waals surface area contributed by atoms with Crippen LogP contribution in [0.4, 0.5) is 0 Å². The van der Waals surface area contributed by atoms with Crippen LogP contribution in [-0.4, -0.2) is 15.9 Å². The highest BCUT2D eigenvalue weighted by Gasteiger charge is 2.20. The number of benzene rings is 1. The molecular formula is C21H25N3. The van der Waals surface area contributed by atoms with Crippen LogP contribution in [-0.2, 0) is 12.8 Å². The molecule has 0 saturated heterocycles. The predicted molar refractivity (Wildman–Crippen MR) is 99.5 cm³/mol. The Bertz CT molecular complexity index is 891. The molecule has 0 fully saturated rings. The Balaban J connectivity index is 1.92. The quantitative estimate of drug-likeness (QED) is 0.784. The Kier molecular flexibility index (Phi) is 3.89. The van der Waals surface area contributed by atoms with Crippen molar-refractivity contribution in [2.75, 3.05) is 6.54 Å². The van der Waals surface area contributed by atoms with Crippen molar-refractivity contribution in [1.29, 1.82) is 0 Å². The summed E-state index contributed by atoms with van der Waals surface area (Å²) in [4.78, 5) is 4.97. The standard InChI is InChI=1S/C21H25N3/c1-14-9-10-24-19(11-14)23-20(21(24)15(2)13-22)18-8-7-16-5-3-4-6-17(16)12-18/h7-12,15H,3-6,13,22H2,1-2H3. The van der Waals surface area contributed by atoms with Gasteiger partial charge in [0, 0.05) is 24.2 Å². The van der Waals surface area contributed by atoms with Gasteiger partial charge in [-0.1, -0.05) is 19.1 Å². The summed E-state index contributed by atoms with van der Waals surface area (Å²) in [7, 11) is 0. The van der Waals surface area contributed by atoms with E-state index in [1.807, 2.05) is 0 Å². The van der Waals surface area contributed by atoms with E-state index in [0.717, 1.165) is 11.3 Å². The molecule has 1 aromatic carbocycles. The summed E-state index contributed by atoms with van der Waals surface area (Å²) in [6.45, 7) is 4.92. The molecule has 2 aromatic heterocycles. The number of nitrogens with zero attached hydrogens (tertiary/aromatic N) is 2. The van der Waals surface area contributed by atoms with Crippen molar-refractivity contribution in [2.45, 2.75) is 45.4 Å². The second-order valence-electron chi connectivity index (χ2n) is 7.11. The molecule has 4 rings (SSSR count). The summed E-state index contributed by atoms with van der Waals surface area (Å²) in [5.74, 6) is 0.272. The zero-order valence-corrected chi connectivity index (χ0v) is 14.5. The predicted octanol–water partition coefficient (Wildman–Crippen LogP) is 4.25. The number of fused-ring (bicyclic) bond motifs is 2. The molecule has 1 unspecified atom stereocenters. The highest BCUT2D eigenvalue weighted by Crippen LogP contribution is 2.32. The maximum atomic E-state index is 6.00. The van der Waals surface area contributed by atoms with Crippen LogP contribution >= 0.6 is 0 Å². The van der Waals surface area contributed by atoms with E-state index in [4.69, 9.17) is 10.7 Å². The van der Waals surface area contributed by atoms with Gasteiger partial charge in [0.25, 0.3) is 0 Å². The van der Waals surface area contributed by atoms with Crippen molar-refractivity contribution < 1.29 is 0 Å². The van der Waals surface area contributed by atoms with Crippen molar-refractivity contribution >= 4 is 5.65 Å². The topological polar surface area (TPSA) is 43.3 Å². The number of aromatic nitrogens is 2. The monoisotopic (exact) mass is 319 g/mol. The van der Waals surface area contributed by atoms with Gasteiger partial charge in [-0.15, -0.1) is 0 Å². The molecule has 1 aliphatic carbocycles. The summed E-state index contributed by atoms with van der Waals surface area (Å²) in [5.41, 5.74) is 14.8. The largest absolute Gasteiger partial charge is 0.330 e. The van der Waals surface area contributed by atoms with Gasteiger partial charge >= 0.3 is 0 Å². The molecule has 3 aromatic rings. The van der Waals surface area contributed by atoms with E-state index in [0.29, 0.717) is 6.54 Å². The van der Waals surface area contributed by atoms with Crippen LogP contribution in [0.15, 0.2) is 36.5 Å². The molecule has 2 heterocycles. The van der Waals surface area contributed by atoms with Gasteiger partial charge < -0.3 is 10.1 Å². The zero-order chi connectivity index (χ0) is 16.7. The lowest BCUT2D eigenvalue weighted by atomic mass is 9.89. The SMILES string of the molecule is Cc1ccn2c(C(C)CN)c(-c3ccc4c(c3)CCCC4)nc2c1. The van der Waals surface area contributed by atoms with Crippen LogP contribution in [0.1, 0.15) is 48.1 Å². The van der Waals surface area contributed by atoms with E-state index < -0.39 is 0 Å². The lowest BCUT2D eigenvalue weighted by Gasteiger charge is -2.17. The lowest BCUT2D eigenvalue weighted by Crippen LogP contribution is -2.12. The molecule has 0 spiro atoms. The molecule has 0 bridgehead atoms. The van der Waals surface area contributed by atoms with E-state index in [1.54, 1.807) is 0 Å². The number of hydrogen-bond donors (Lipinski definition) is 1. The molecule has 1 atom stereocenters. The van der Waals surface area contributed by atoms with Crippen LogP contribution in [0, 0.1) is 6.92 Å². The van der Waals surface area contributed by atoms with Gasteiger partial charge in [0.15, 0.2) is 0 Å². The average Bonchev–Trinajstić information content (AvgIpc) is 2.99. The molecule has 0 aliphatic heterocycles. The van der Waals surface area contributed by atoms with Crippen molar-refractivity contribution in [3.63, 3.8) is 0 Å². The van der Waals surface area contributed by atoms with E-state index in [-0.39, 0.29) is 5.92 Å². The van der Waals surface area contributed by atoms with Crippen LogP contribution in [0.3, 0.4) is 0 Å². The molecule has 0 saturated carbocycles. The van der Waals surface area contributed by atoms with Gasteiger partial charge in [0.05, 0.1) is 11.4 Å². The Morgan fingerprint density at radius 1 is 1.12 bits per heavy atom. The van der Waals surface area contributed by atoms with Gasteiger partial charge in [0.1, 0.15) is 5.65 Å². The first-order valence-corrected chi connectivity index (χ1v) is 8.98. The Labute approximate surface area is 143 Å². The van der Waals surface area contributed by atoms with E-state index >= 15 is 0 Å². The van der Waals surface area contributed by atoms with Crippen molar-refractivity contribution in [2.24, 2.45) is 5.73 Å². The first-order valence-electron chi connectivity index (χ1n) is 8.98. The maximum absolute atomic E-state index is 6.00. The summed E-state index contributed by atoms with van der Waals surface area (Å²) >= 11 is 0. The van der Waals surface area contributed by atoms with E-state index in [2.05, 4.69) is 54.8 Å². The van der Waals surface area contributed by atoms with Crippen LogP contribution in [0.2, 0.25) is 0 Å². The molecule has 3 nitrogen and oxygen atoms in total. The van der Waals surface area contributed by atoms with Gasteiger partial charge in [-0.3, -0.25) is 0 Å². The Morgan fingerprint density at radius 3 is 2.71 bits per heavy atom. The average molecular weight is 319 g/mol. The molecule has 2 N–H and O–H groups in total. The minimum atomic E-state index is 0.272. The fraction of sp³-hybridized carbons (Fsp3) is 0.381. The van der Waals surface area contributed by atoms with Crippen molar-refractivity contribution in [3.05, 3.63) is 58.9 Å². The van der Waals surface area contributed by atoms with E-state index in [9.17, 15) is 0 Å². The number of hydrogen-bond acceptors (Lipinski definition) is 2. The second-order valence-corrected chi connectivity index (χ2v) is 7.11. The smallest absolute Gasteiger partial charge is 0.137 e. The van der Waals surface area contributed by atoms with Gasteiger partial charge in [0.2, 0.25) is 0 Å². The summed E-state index contributed by atoms with van der Waals surface area (Å²) in [6.07, 6.45) is 7.15. The molecule has 24 heavy (non-hydrogen) atoms. The van der Waals surface area contributed by atoms with Crippen LogP contribution < -0.4 is 5.73 Å². The van der Waals surface area contributed by atoms with Gasteiger partial charge in [-0.25, -0.2) is 4.98 Å². The number of rotatable bonds is 3. The minimum Gasteiger partial charge on any atom is -0.330 e. The lowest BCUT2D eigenvalue weighted by molar-refractivity contribution is 0.685. The maximum Gasteiger partial charge on any atom is 0.137 e. The van der Waals surface area contributed by atoms with Gasteiger partial charge in [-0.2, -0.15) is 0 Å². The third-order valence-electron chi connectivity index (χ3n) is 5.26. The molecule has 124 valence electrons. The van der Waals surface area contributed by atoms with Crippen molar-refractivity contribution in [1.82, 2.24) is 9.38 Å². The highest BCUT2D eigenvalue weighted by molar-refractivity contribution is 5.69. The Morgan fingerprint density at radius 2 is 1.92 bits per heavy atom. The Hall–Kier alpha value is -2.13. The molecule has 0 amide bonds. The fourth-order valence-electron chi connectivity index (χ4n) is 3.84. The molecule has 1 aliphatic rings. The fourth-order valence-corrected chi connectivity index (χ4v) is 3.84. The second kappa shape index (κ2) is 6.06. The van der Waals surface area contributed by atoms with Crippen LogP contribution in [0.25, 0.3) is 16.9 Å². The summed E-state index contributed by atoms with van der Waals surface area (Å²) in [6, 6.07) is 11.2. The number of aryl methyl sites for hydroxylation is 3. The zero-order valence-electron chi connectivity index (χ0n) is 14.5. The van der Waals surface area contributed by atoms with E-state index in [1.165, 1.54) is 53.6 Å². The molecule has 3 heteroatoms. The third kappa shape index (κ3) is 2.53. The molecule has 0 radical (unpaired) electrons. The highest BCUT2D eigenvalue weighted by atomic mass is 15.0. The first-order chi connectivity index (χ1) is 11.7. The number of imidazole rings is 1. The number of nitrogens with two attached hydrogens (primary N) is 1. The summed E-state index contributed by atoms with van der Waals surface area (Å²) < 4.78 is 2.21. The first kappa shape index (κ1) is 15.4. The normalized spacial score (nSPS) is 15.5. The molecular weight excluding hydrogens is 294 g/mol. The van der Waals surface area contributed by atoms with Gasteiger partial charge in [-0.05, 0) is 67.5 Å². The third-order valence-corrected chi connectivity index (χ3v) is 5.26. The minimum absolute atomic E-state index is 0.272. The van der Waals surface area contributed by atoms with Crippen molar-refractivity contribution in [3.8, 4) is 11.3 Å². The van der Waals surface area contributed by atoms with Crippen LogP contribution in [0.5, 0.6) is 0 Å². The number of pyridine rings is 1.